The molecule has 1 aliphatic carbocycles. The molecule has 0 bridgehead atoms. The summed E-state index contributed by atoms with van der Waals surface area (Å²) < 4.78 is 5.69. The lowest BCUT2D eigenvalue weighted by Gasteiger charge is -2.20. The second kappa shape index (κ2) is 3.03. The molecule has 2 aliphatic rings. The normalized spacial score (nSPS) is 19.5. The number of aliphatic hydroxyl groups is 1. The molecule has 3 N–H and O–H groups in total. The Bertz CT molecular complexity index is 434. The van der Waals surface area contributed by atoms with Gasteiger partial charge in [-0.1, -0.05) is 0 Å². The van der Waals surface area contributed by atoms with Crippen LogP contribution in [0.4, 0.5) is 0 Å². The van der Waals surface area contributed by atoms with Crippen molar-refractivity contribution < 1.29 is 9.52 Å². The van der Waals surface area contributed by atoms with Gasteiger partial charge in [-0.05, 0) is 24.8 Å². The summed E-state index contributed by atoms with van der Waals surface area (Å²) in [6, 6.07) is 0. The third-order valence-corrected chi connectivity index (χ3v) is 3.14. The van der Waals surface area contributed by atoms with Crippen LogP contribution in [0.5, 0.6) is 0 Å². The van der Waals surface area contributed by atoms with Gasteiger partial charge in [0.2, 0.25) is 0 Å². The van der Waals surface area contributed by atoms with Gasteiger partial charge in [-0.3, -0.25) is 0 Å². The third-order valence-electron chi connectivity index (χ3n) is 3.14. The summed E-state index contributed by atoms with van der Waals surface area (Å²) in [7, 11) is 0. The number of hydrazine groups is 1. The van der Waals surface area contributed by atoms with Crippen LogP contribution in [0.25, 0.3) is 5.76 Å². The SMILES string of the molecule is NN1C=C(O)c2oc3c(c2C1)CCCC3. The Balaban J connectivity index is 2.14. The maximum absolute atomic E-state index is 9.73. The van der Waals surface area contributed by atoms with Gasteiger partial charge in [0.25, 0.3) is 0 Å². The van der Waals surface area contributed by atoms with Crippen molar-refractivity contribution in [3.8, 4) is 0 Å². The Kier molecular flexibility index (Phi) is 1.79. The van der Waals surface area contributed by atoms with Crippen molar-refractivity contribution in [1.82, 2.24) is 5.01 Å². The molecule has 1 aromatic heterocycles. The zero-order chi connectivity index (χ0) is 10.4. The lowest BCUT2D eigenvalue weighted by Crippen LogP contribution is -2.28. The first-order valence-electron chi connectivity index (χ1n) is 5.31. The summed E-state index contributed by atoms with van der Waals surface area (Å²) in [6.07, 6.45) is 5.93. The lowest BCUT2D eigenvalue weighted by atomic mass is 9.94. The van der Waals surface area contributed by atoms with E-state index >= 15 is 0 Å². The van der Waals surface area contributed by atoms with Gasteiger partial charge in [-0.2, -0.15) is 0 Å². The minimum absolute atomic E-state index is 0.146. The Morgan fingerprint density at radius 2 is 2.07 bits per heavy atom. The van der Waals surface area contributed by atoms with Crippen LogP contribution in [0.2, 0.25) is 0 Å². The summed E-state index contributed by atoms with van der Waals surface area (Å²) in [4.78, 5) is 0. The maximum atomic E-state index is 9.73. The number of hydrogen-bond acceptors (Lipinski definition) is 4. The van der Waals surface area contributed by atoms with Crippen molar-refractivity contribution in [2.45, 2.75) is 32.2 Å². The number of rotatable bonds is 0. The van der Waals surface area contributed by atoms with E-state index in [9.17, 15) is 5.11 Å². The molecule has 0 saturated heterocycles. The summed E-state index contributed by atoms with van der Waals surface area (Å²) in [5.41, 5.74) is 2.35. The zero-order valence-corrected chi connectivity index (χ0v) is 8.49. The van der Waals surface area contributed by atoms with E-state index in [1.165, 1.54) is 29.6 Å². The first-order chi connectivity index (χ1) is 7.25. The monoisotopic (exact) mass is 206 g/mol. The van der Waals surface area contributed by atoms with Crippen molar-refractivity contribution >= 4 is 5.76 Å². The molecule has 2 heterocycles. The van der Waals surface area contributed by atoms with Crippen LogP contribution in [0.1, 0.15) is 35.5 Å². The molecule has 15 heavy (non-hydrogen) atoms. The van der Waals surface area contributed by atoms with E-state index in [4.69, 9.17) is 10.3 Å². The van der Waals surface area contributed by atoms with Crippen LogP contribution >= 0.6 is 0 Å². The fraction of sp³-hybridized carbons (Fsp3) is 0.455. The molecule has 0 atom stereocenters. The van der Waals surface area contributed by atoms with Gasteiger partial charge >= 0.3 is 0 Å². The lowest BCUT2D eigenvalue weighted by molar-refractivity contribution is 0.345. The Morgan fingerprint density at radius 1 is 1.27 bits per heavy atom. The summed E-state index contributed by atoms with van der Waals surface area (Å²) in [5.74, 6) is 7.51. The van der Waals surface area contributed by atoms with Gasteiger partial charge in [-0.15, -0.1) is 0 Å². The predicted octanol–water partition coefficient (Wildman–Crippen LogP) is 1.70. The van der Waals surface area contributed by atoms with E-state index in [2.05, 4.69) is 0 Å². The zero-order valence-electron chi connectivity index (χ0n) is 8.49. The van der Waals surface area contributed by atoms with Crippen LogP contribution in [0.3, 0.4) is 0 Å². The molecule has 3 rings (SSSR count). The summed E-state index contributed by atoms with van der Waals surface area (Å²) in [6.45, 7) is 0.637. The van der Waals surface area contributed by atoms with Crippen molar-refractivity contribution in [2.24, 2.45) is 5.84 Å². The molecule has 80 valence electrons. The van der Waals surface area contributed by atoms with Gasteiger partial charge in [0.1, 0.15) is 5.76 Å². The van der Waals surface area contributed by atoms with Crippen molar-refractivity contribution in [1.29, 1.82) is 0 Å². The van der Waals surface area contributed by atoms with E-state index < -0.39 is 0 Å². The van der Waals surface area contributed by atoms with Gasteiger partial charge in [0.15, 0.2) is 11.5 Å². The van der Waals surface area contributed by atoms with Crippen molar-refractivity contribution in [2.75, 3.05) is 0 Å². The minimum Gasteiger partial charge on any atom is -0.503 e. The minimum atomic E-state index is 0.146. The van der Waals surface area contributed by atoms with Crippen LogP contribution in [0, 0.1) is 0 Å². The number of aryl methyl sites for hydroxylation is 1. The molecule has 0 aromatic carbocycles. The second-order valence-electron chi connectivity index (χ2n) is 4.21. The Labute approximate surface area is 87.9 Å². The topological polar surface area (TPSA) is 62.6 Å². The highest BCUT2D eigenvalue weighted by Gasteiger charge is 2.27. The van der Waals surface area contributed by atoms with E-state index in [0.29, 0.717) is 12.3 Å². The van der Waals surface area contributed by atoms with E-state index in [1.54, 1.807) is 0 Å². The Morgan fingerprint density at radius 3 is 2.93 bits per heavy atom. The quantitative estimate of drug-likeness (QED) is 0.634. The number of nitrogens with two attached hydrogens (primary N) is 1. The standard InChI is InChI=1S/C11H14N2O2/c12-13-5-8-7-3-1-2-4-10(7)15-11(8)9(14)6-13/h6,14H,1-5,12H2. The average Bonchev–Trinajstić information content (AvgIpc) is 2.57. The van der Waals surface area contributed by atoms with Crippen LogP contribution in [0.15, 0.2) is 10.6 Å². The number of fused-ring (bicyclic) bond motifs is 3. The molecule has 1 aromatic rings. The molecule has 1 aliphatic heterocycles. The smallest absolute Gasteiger partial charge is 0.176 e. The molecule has 0 radical (unpaired) electrons. The fourth-order valence-corrected chi connectivity index (χ4v) is 2.45. The van der Waals surface area contributed by atoms with Crippen LogP contribution in [-0.2, 0) is 19.4 Å². The maximum Gasteiger partial charge on any atom is 0.176 e. The van der Waals surface area contributed by atoms with E-state index in [1.807, 2.05) is 0 Å². The van der Waals surface area contributed by atoms with Crippen LogP contribution < -0.4 is 5.84 Å². The largest absolute Gasteiger partial charge is 0.503 e. The molecule has 4 nitrogen and oxygen atoms in total. The second-order valence-corrected chi connectivity index (χ2v) is 4.21. The molecule has 0 amide bonds. The van der Waals surface area contributed by atoms with E-state index in [-0.39, 0.29) is 5.76 Å². The van der Waals surface area contributed by atoms with Gasteiger partial charge in [0, 0.05) is 12.0 Å². The predicted molar refractivity (Wildman–Crippen MR) is 55.7 cm³/mol. The molecule has 0 spiro atoms. The van der Waals surface area contributed by atoms with Gasteiger partial charge in [-0.25, -0.2) is 5.84 Å². The molecule has 0 unspecified atom stereocenters. The highest BCUT2D eigenvalue weighted by molar-refractivity contribution is 5.61. The van der Waals surface area contributed by atoms with Crippen LogP contribution in [-0.4, -0.2) is 10.1 Å². The van der Waals surface area contributed by atoms with Crippen molar-refractivity contribution in [3.05, 3.63) is 28.8 Å². The highest BCUT2D eigenvalue weighted by atomic mass is 16.4. The summed E-state index contributed by atoms with van der Waals surface area (Å²) >= 11 is 0. The fourth-order valence-electron chi connectivity index (χ4n) is 2.45. The molecular weight excluding hydrogens is 192 g/mol. The summed E-state index contributed by atoms with van der Waals surface area (Å²) in [5, 5.41) is 11.2. The molecular formula is C11H14N2O2. The molecule has 0 fully saturated rings. The first-order valence-corrected chi connectivity index (χ1v) is 5.31. The number of furan rings is 1. The Hall–Kier alpha value is -1.42. The highest BCUT2D eigenvalue weighted by Crippen LogP contribution is 2.35. The average molecular weight is 206 g/mol. The number of aliphatic hydroxyl groups excluding tert-OH is 1. The van der Waals surface area contributed by atoms with Crippen molar-refractivity contribution in [3.63, 3.8) is 0 Å². The van der Waals surface area contributed by atoms with Gasteiger partial charge < -0.3 is 14.5 Å². The first kappa shape index (κ1) is 8.85. The molecule has 0 saturated carbocycles. The van der Waals surface area contributed by atoms with E-state index in [0.717, 1.165) is 24.2 Å². The number of hydrogen-bond donors (Lipinski definition) is 2. The van der Waals surface area contributed by atoms with Gasteiger partial charge in [0.05, 0.1) is 12.7 Å². The number of nitrogens with zero attached hydrogens (tertiary/aromatic N) is 1. The molecule has 4 heteroatoms. The third kappa shape index (κ3) is 1.25.